The largest absolute Gasteiger partial charge is 0.494 e. The zero-order chi connectivity index (χ0) is 15.5. The lowest BCUT2D eigenvalue weighted by atomic mass is 9.91. The highest BCUT2D eigenvalue weighted by atomic mass is 32.1. The number of nitriles is 1. The average Bonchev–Trinajstić information content (AvgIpc) is 2.90. The Morgan fingerprint density at radius 1 is 1.24 bits per heavy atom. The molecule has 0 radical (unpaired) electrons. The number of hydrogen-bond donors (Lipinski definition) is 0. The third kappa shape index (κ3) is 3.62. The molecule has 0 aliphatic carbocycles. The Kier molecular flexibility index (Phi) is 4.64. The van der Waals surface area contributed by atoms with Crippen molar-refractivity contribution in [2.75, 3.05) is 6.61 Å². The summed E-state index contributed by atoms with van der Waals surface area (Å²) in [5.41, 5.74) is 1.77. The Labute approximate surface area is 130 Å². The SMILES string of the molecule is CCCOc1ccc(-c2nc(C(C)(C)C)c(C#N)s2)cc1. The second kappa shape index (κ2) is 6.28. The zero-order valence-corrected chi connectivity index (χ0v) is 13.8. The highest BCUT2D eigenvalue weighted by Crippen LogP contribution is 2.34. The van der Waals surface area contributed by atoms with Gasteiger partial charge >= 0.3 is 0 Å². The van der Waals surface area contributed by atoms with Crippen LogP contribution >= 0.6 is 11.3 Å². The molecule has 0 atom stereocenters. The number of nitrogens with zero attached hydrogens (tertiary/aromatic N) is 2. The van der Waals surface area contributed by atoms with Crippen LogP contribution in [0.2, 0.25) is 0 Å². The third-order valence-electron chi connectivity index (χ3n) is 3.01. The number of benzene rings is 1. The third-order valence-corrected chi connectivity index (χ3v) is 4.02. The lowest BCUT2D eigenvalue weighted by Gasteiger charge is -2.15. The maximum absolute atomic E-state index is 9.28. The first-order valence-corrected chi connectivity index (χ1v) is 7.92. The van der Waals surface area contributed by atoms with Gasteiger partial charge in [0.15, 0.2) is 0 Å². The van der Waals surface area contributed by atoms with E-state index in [2.05, 4.69) is 38.7 Å². The molecule has 0 bridgehead atoms. The molecular formula is C17H20N2OS. The van der Waals surface area contributed by atoms with Gasteiger partial charge in [-0.1, -0.05) is 27.7 Å². The van der Waals surface area contributed by atoms with E-state index in [1.807, 2.05) is 24.3 Å². The predicted octanol–water partition coefficient (Wildman–Crippen LogP) is 4.77. The fourth-order valence-electron chi connectivity index (χ4n) is 1.94. The Morgan fingerprint density at radius 2 is 1.90 bits per heavy atom. The maximum atomic E-state index is 9.28. The quantitative estimate of drug-likeness (QED) is 0.817. The summed E-state index contributed by atoms with van der Waals surface area (Å²) in [6, 6.07) is 10.2. The first-order chi connectivity index (χ1) is 9.95. The highest BCUT2D eigenvalue weighted by Gasteiger charge is 2.23. The van der Waals surface area contributed by atoms with E-state index in [0.29, 0.717) is 4.88 Å². The lowest BCUT2D eigenvalue weighted by molar-refractivity contribution is 0.317. The monoisotopic (exact) mass is 300 g/mol. The number of thiazole rings is 1. The molecule has 1 heterocycles. The van der Waals surface area contributed by atoms with Crippen molar-refractivity contribution in [3.8, 4) is 22.4 Å². The number of ether oxygens (including phenoxy) is 1. The first kappa shape index (κ1) is 15.5. The topological polar surface area (TPSA) is 45.9 Å². The van der Waals surface area contributed by atoms with Crippen LogP contribution in [-0.4, -0.2) is 11.6 Å². The molecule has 21 heavy (non-hydrogen) atoms. The fourth-order valence-corrected chi connectivity index (χ4v) is 3.02. The van der Waals surface area contributed by atoms with Crippen LogP contribution in [0.5, 0.6) is 5.75 Å². The minimum Gasteiger partial charge on any atom is -0.494 e. The van der Waals surface area contributed by atoms with E-state index in [1.165, 1.54) is 11.3 Å². The Hall–Kier alpha value is -1.86. The van der Waals surface area contributed by atoms with E-state index in [-0.39, 0.29) is 5.41 Å². The van der Waals surface area contributed by atoms with Crippen LogP contribution in [0.25, 0.3) is 10.6 Å². The molecule has 1 aromatic heterocycles. The molecule has 0 saturated carbocycles. The van der Waals surface area contributed by atoms with E-state index in [4.69, 9.17) is 4.74 Å². The van der Waals surface area contributed by atoms with Crippen LogP contribution in [-0.2, 0) is 5.41 Å². The van der Waals surface area contributed by atoms with Crippen LogP contribution in [0.4, 0.5) is 0 Å². The molecule has 0 fully saturated rings. The normalized spacial score (nSPS) is 11.2. The summed E-state index contributed by atoms with van der Waals surface area (Å²) in [7, 11) is 0. The standard InChI is InChI=1S/C17H20N2OS/c1-5-10-20-13-8-6-12(7-9-13)16-19-15(17(2,3)4)14(11-18)21-16/h6-9H,5,10H2,1-4H3. The molecule has 0 aliphatic heterocycles. The van der Waals surface area contributed by atoms with Crippen molar-refractivity contribution >= 4 is 11.3 Å². The second-order valence-corrected chi connectivity index (χ2v) is 6.93. The van der Waals surface area contributed by atoms with Crippen molar-refractivity contribution in [2.45, 2.75) is 39.5 Å². The average molecular weight is 300 g/mol. The fraction of sp³-hybridized carbons (Fsp3) is 0.412. The Morgan fingerprint density at radius 3 is 2.38 bits per heavy atom. The minimum atomic E-state index is -0.121. The van der Waals surface area contributed by atoms with E-state index in [9.17, 15) is 5.26 Å². The van der Waals surface area contributed by atoms with E-state index < -0.39 is 0 Å². The molecule has 0 unspecified atom stereocenters. The van der Waals surface area contributed by atoms with Gasteiger partial charge in [-0.25, -0.2) is 4.98 Å². The van der Waals surface area contributed by atoms with Crippen molar-refractivity contribution < 1.29 is 4.74 Å². The number of hydrogen-bond acceptors (Lipinski definition) is 4. The van der Waals surface area contributed by atoms with Gasteiger partial charge in [0.2, 0.25) is 0 Å². The Balaban J connectivity index is 2.30. The van der Waals surface area contributed by atoms with Gasteiger partial charge in [-0.3, -0.25) is 0 Å². The summed E-state index contributed by atoms with van der Waals surface area (Å²) < 4.78 is 5.58. The van der Waals surface area contributed by atoms with Gasteiger partial charge in [-0.15, -0.1) is 11.3 Å². The van der Waals surface area contributed by atoms with Crippen molar-refractivity contribution in [1.82, 2.24) is 4.98 Å². The van der Waals surface area contributed by atoms with E-state index in [0.717, 1.165) is 35.0 Å². The smallest absolute Gasteiger partial charge is 0.128 e. The first-order valence-electron chi connectivity index (χ1n) is 7.10. The van der Waals surface area contributed by atoms with Gasteiger partial charge in [0.05, 0.1) is 12.3 Å². The van der Waals surface area contributed by atoms with Gasteiger partial charge in [0, 0.05) is 11.0 Å². The molecule has 1 aromatic carbocycles. The highest BCUT2D eigenvalue weighted by molar-refractivity contribution is 7.15. The molecule has 0 amide bonds. The zero-order valence-electron chi connectivity index (χ0n) is 12.9. The molecule has 2 rings (SSSR count). The summed E-state index contributed by atoms with van der Waals surface area (Å²) in [6.45, 7) is 9.04. The van der Waals surface area contributed by atoms with Crippen LogP contribution in [0, 0.1) is 11.3 Å². The van der Waals surface area contributed by atoms with Crippen LogP contribution in [0.3, 0.4) is 0 Å². The van der Waals surface area contributed by atoms with E-state index >= 15 is 0 Å². The molecular weight excluding hydrogens is 280 g/mol. The molecule has 0 N–H and O–H groups in total. The number of rotatable bonds is 4. The molecule has 4 heteroatoms. The van der Waals surface area contributed by atoms with E-state index in [1.54, 1.807) is 0 Å². The molecule has 2 aromatic rings. The summed E-state index contributed by atoms with van der Waals surface area (Å²) in [4.78, 5) is 5.37. The van der Waals surface area contributed by atoms with Gasteiger partial charge in [0.1, 0.15) is 21.7 Å². The van der Waals surface area contributed by atoms with Crippen LogP contribution < -0.4 is 4.74 Å². The van der Waals surface area contributed by atoms with Crippen molar-refractivity contribution in [2.24, 2.45) is 0 Å². The Bertz CT molecular complexity index is 645. The second-order valence-electron chi connectivity index (χ2n) is 5.93. The summed E-state index contributed by atoms with van der Waals surface area (Å²) in [5.74, 6) is 0.869. The minimum absolute atomic E-state index is 0.121. The van der Waals surface area contributed by atoms with Crippen LogP contribution in [0.15, 0.2) is 24.3 Å². The molecule has 110 valence electrons. The number of aromatic nitrogens is 1. The molecule has 3 nitrogen and oxygen atoms in total. The van der Waals surface area contributed by atoms with Gasteiger partial charge in [0.25, 0.3) is 0 Å². The molecule has 0 saturated heterocycles. The van der Waals surface area contributed by atoms with Gasteiger partial charge < -0.3 is 4.74 Å². The van der Waals surface area contributed by atoms with Gasteiger partial charge in [-0.2, -0.15) is 5.26 Å². The summed E-state index contributed by atoms with van der Waals surface area (Å²) in [5, 5.41) is 10.2. The molecule has 0 spiro atoms. The van der Waals surface area contributed by atoms with Gasteiger partial charge in [-0.05, 0) is 30.7 Å². The summed E-state index contributed by atoms with van der Waals surface area (Å²) >= 11 is 1.45. The van der Waals surface area contributed by atoms with Crippen molar-refractivity contribution in [3.05, 3.63) is 34.8 Å². The van der Waals surface area contributed by atoms with Crippen molar-refractivity contribution in [3.63, 3.8) is 0 Å². The van der Waals surface area contributed by atoms with Crippen molar-refractivity contribution in [1.29, 1.82) is 5.26 Å². The lowest BCUT2D eigenvalue weighted by Crippen LogP contribution is -2.13. The van der Waals surface area contributed by atoms with Crippen LogP contribution in [0.1, 0.15) is 44.7 Å². The maximum Gasteiger partial charge on any atom is 0.128 e. The molecule has 0 aliphatic rings. The summed E-state index contributed by atoms with van der Waals surface area (Å²) in [6.07, 6.45) is 0.995. The predicted molar refractivity (Wildman–Crippen MR) is 86.8 cm³/mol.